The van der Waals surface area contributed by atoms with Gasteiger partial charge in [0.2, 0.25) is 0 Å². The van der Waals surface area contributed by atoms with Crippen molar-refractivity contribution in [1.29, 1.82) is 0 Å². The molecule has 2 aliphatic heterocycles. The molecular weight excluding hydrogens is 308 g/mol. The number of rotatable bonds is 1. The van der Waals surface area contributed by atoms with Crippen LogP contribution in [0.5, 0.6) is 0 Å². The molecule has 0 N–H and O–H groups in total. The summed E-state index contributed by atoms with van der Waals surface area (Å²) >= 11 is 1.31. The van der Waals surface area contributed by atoms with Crippen LogP contribution in [0.2, 0.25) is 0 Å². The first-order chi connectivity index (χ1) is 11.1. The highest BCUT2D eigenvalue weighted by atomic mass is 32.1. The molecular formula is C18H12N2O2S. The van der Waals surface area contributed by atoms with Crippen LogP contribution < -0.4 is 11.1 Å². The van der Waals surface area contributed by atoms with E-state index in [9.17, 15) is 9.59 Å². The lowest BCUT2D eigenvalue weighted by molar-refractivity contribution is 0.970. The lowest BCUT2D eigenvalue weighted by atomic mass is 10.2. The Morgan fingerprint density at radius 2 is 1.83 bits per heavy atom. The van der Waals surface area contributed by atoms with Crippen LogP contribution >= 0.6 is 11.3 Å². The molecule has 0 spiro atoms. The van der Waals surface area contributed by atoms with E-state index in [-0.39, 0.29) is 11.1 Å². The maximum atomic E-state index is 12.8. The zero-order chi connectivity index (χ0) is 16.0. The van der Waals surface area contributed by atoms with E-state index in [2.05, 4.69) is 4.98 Å². The minimum atomic E-state index is -0.320. The fourth-order valence-electron chi connectivity index (χ4n) is 2.63. The number of aromatic nitrogens is 2. The second-order valence-electron chi connectivity index (χ2n) is 5.36. The third kappa shape index (κ3) is 2.17. The maximum Gasteiger partial charge on any atom is 0.276 e. The molecule has 4 nitrogen and oxygen atoms in total. The summed E-state index contributed by atoms with van der Waals surface area (Å²) in [5, 5.41) is 0.359. The van der Waals surface area contributed by atoms with Gasteiger partial charge in [-0.15, -0.1) is 11.3 Å². The Kier molecular flexibility index (Phi) is 3.09. The van der Waals surface area contributed by atoms with Crippen molar-refractivity contribution in [2.45, 2.75) is 6.92 Å². The van der Waals surface area contributed by atoms with E-state index in [4.69, 9.17) is 0 Å². The van der Waals surface area contributed by atoms with Crippen LogP contribution in [0, 0.1) is 16.7 Å². The van der Waals surface area contributed by atoms with Crippen molar-refractivity contribution in [3.8, 4) is 5.69 Å². The normalized spacial score (nSPS) is 11.2. The smallest absolute Gasteiger partial charge is 0.268 e. The molecule has 2 heterocycles. The lowest BCUT2D eigenvalue weighted by Gasteiger charge is -2.01. The Hall–Kier alpha value is -2.79. The van der Waals surface area contributed by atoms with Crippen molar-refractivity contribution in [3.05, 3.63) is 90.7 Å². The highest BCUT2D eigenvalue weighted by Gasteiger charge is 2.12. The first-order valence-electron chi connectivity index (χ1n) is 7.16. The van der Waals surface area contributed by atoms with Crippen molar-refractivity contribution in [1.82, 2.24) is 9.55 Å². The van der Waals surface area contributed by atoms with Gasteiger partial charge in [0.15, 0.2) is 0 Å². The summed E-state index contributed by atoms with van der Waals surface area (Å²) in [7, 11) is 0. The van der Waals surface area contributed by atoms with Gasteiger partial charge in [-0.05, 0) is 36.8 Å². The topological polar surface area (TPSA) is 52.0 Å². The molecule has 0 radical (unpaired) electrons. The highest BCUT2D eigenvalue weighted by molar-refractivity contribution is 7.16. The van der Waals surface area contributed by atoms with Crippen LogP contribution in [-0.2, 0) is 0 Å². The van der Waals surface area contributed by atoms with Crippen molar-refractivity contribution in [2.24, 2.45) is 0 Å². The number of para-hydroxylation sites is 1. The fourth-order valence-corrected chi connectivity index (χ4v) is 3.66. The lowest BCUT2D eigenvalue weighted by Crippen LogP contribution is -2.24. The summed E-state index contributed by atoms with van der Waals surface area (Å²) in [6, 6.07) is 14.9. The Morgan fingerprint density at radius 1 is 1.00 bits per heavy atom. The van der Waals surface area contributed by atoms with Gasteiger partial charge in [0, 0.05) is 6.20 Å². The SMILES string of the molecule is Cc1cccc(-n2c(=O)c3cnc4ccccc4sc=3c2=O)c1. The predicted molar refractivity (Wildman–Crippen MR) is 91.5 cm³/mol. The number of hydrogen-bond acceptors (Lipinski definition) is 4. The Morgan fingerprint density at radius 3 is 2.65 bits per heavy atom. The first-order valence-corrected chi connectivity index (χ1v) is 7.97. The summed E-state index contributed by atoms with van der Waals surface area (Å²) < 4.78 is 2.54. The van der Waals surface area contributed by atoms with Gasteiger partial charge in [-0.3, -0.25) is 14.6 Å². The molecule has 23 heavy (non-hydrogen) atoms. The van der Waals surface area contributed by atoms with Crippen molar-refractivity contribution in [3.63, 3.8) is 0 Å². The Bertz CT molecular complexity index is 1220. The minimum Gasteiger partial charge on any atom is -0.268 e. The monoisotopic (exact) mass is 320 g/mol. The summed E-state index contributed by atoms with van der Waals surface area (Å²) in [5.74, 6) is 0. The molecule has 0 bridgehead atoms. The van der Waals surface area contributed by atoms with Gasteiger partial charge in [0.1, 0.15) is 4.53 Å². The van der Waals surface area contributed by atoms with Crippen molar-refractivity contribution >= 4 is 21.6 Å². The molecule has 0 atom stereocenters. The zero-order valence-electron chi connectivity index (χ0n) is 12.3. The molecule has 0 aromatic heterocycles. The Balaban J connectivity index is 2.17. The third-order valence-electron chi connectivity index (χ3n) is 3.75. The number of hydrogen-bond donors (Lipinski definition) is 0. The molecule has 4 rings (SSSR count). The van der Waals surface area contributed by atoms with E-state index < -0.39 is 0 Å². The molecule has 2 aromatic rings. The number of fused-ring (bicyclic) bond motifs is 1. The highest BCUT2D eigenvalue weighted by Crippen LogP contribution is 2.15. The van der Waals surface area contributed by atoms with E-state index in [0.29, 0.717) is 15.4 Å². The predicted octanol–water partition coefficient (Wildman–Crippen LogP) is 2.84. The molecule has 0 aliphatic carbocycles. The van der Waals surface area contributed by atoms with Crippen LogP contribution in [0.4, 0.5) is 0 Å². The number of benzene rings is 2. The summed E-state index contributed by atoms with van der Waals surface area (Å²) in [6.07, 6.45) is 1.50. The molecule has 2 aromatic carbocycles. The largest absolute Gasteiger partial charge is 0.276 e. The molecule has 0 saturated carbocycles. The van der Waals surface area contributed by atoms with Crippen LogP contribution in [-0.4, -0.2) is 9.55 Å². The molecule has 0 unspecified atom stereocenters. The van der Waals surface area contributed by atoms with Gasteiger partial charge in [0.25, 0.3) is 11.1 Å². The molecule has 0 amide bonds. The summed E-state index contributed by atoms with van der Waals surface area (Å²) in [4.78, 5) is 29.9. The number of nitrogens with zero attached hydrogens (tertiary/aromatic N) is 2. The summed E-state index contributed by atoms with van der Waals surface area (Å²) in [5.41, 5.74) is 1.75. The van der Waals surface area contributed by atoms with E-state index in [1.54, 1.807) is 6.07 Å². The van der Waals surface area contributed by atoms with Crippen molar-refractivity contribution < 1.29 is 0 Å². The summed E-state index contributed by atoms with van der Waals surface area (Å²) in [6.45, 7) is 1.93. The average Bonchev–Trinajstić information content (AvgIpc) is 2.70. The van der Waals surface area contributed by atoms with Crippen LogP contribution in [0.3, 0.4) is 0 Å². The van der Waals surface area contributed by atoms with Crippen LogP contribution in [0.25, 0.3) is 15.9 Å². The third-order valence-corrected chi connectivity index (χ3v) is 4.91. The van der Waals surface area contributed by atoms with Gasteiger partial charge >= 0.3 is 0 Å². The van der Waals surface area contributed by atoms with Gasteiger partial charge in [-0.2, -0.15) is 0 Å². The minimum absolute atomic E-state index is 0.288. The quantitative estimate of drug-likeness (QED) is 0.542. The van der Waals surface area contributed by atoms with Gasteiger partial charge in [0.05, 0.1) is 21.1 Å². The first kappa shape index (κ1) is 13.8. The molecule has 0 saturated heterocycles. The van der Waals surface area contributed by atoms with Crippen LogP contribution in [0.1, 0.15) is 5.56 Å². The van der Waals surface area contributed by atoms with Crippen molar-refractivity contribution in [2.75, 3.05) is 0 Å². The van der Waals surface area contributed by atoms with E-state index in [1.165, 1.54) is 22.1 Å². The Labute approximate surface area is 135 Å². The second-order valence-corrected chi connectivity index (χ2v) is 6.41. The second kappa shape index (κ2) is 5.14. The standard InChI is InChI=1S/C18H12N2O2S/c1-11-5-4-6-12(9-11)20-17(21)13-10-19-14-7-2-3-8-15(14)23-16(13)18(20)22/h2-10H,1H3. The average molecular weight is 320 g/mol. The molecule has 2 aliphatic rings. The van der Waals surface area contributed by atoms with E-state index in [1.807, 2.05) is 49.4 Å². The maximum absolute atomic E-state index is 12.8. The van der Waals surface area contributed by atoms with E-state index in [0.717, 1.165) is 15.8 Å². The molecule has 5 heteroatoms. The van der Waals surface area contributed by atoms with Crippen LogP contribution in [0.15, 0.2) is 64.3 Å². The fraction of sp³-hybridized carbons (Fsp3) is 0.0556. The molecule has 112 valence electrons. The van der Waals surface area contributed by atoms with Gasteiger partial charge in [-0.25, -0.2) is 4.57 Å². The number of aryl methyl sites for hydroxylation is 1. The van der Waals surface area contributed by atoms with Gasteiger partial charge < -0.3 is 0 Å². The molecule has 0 fully saturated rings. The van der Waals surface area contributed by atoms with E-state index >= 15 is 0 Å². The zero-order valence-corrected chi connectivity index (χ0v) is 13.1. The van der Waals surface area contributed by atoms with Gasteiger partial charge in [-0.1, -0.05) is 24.3 Å².